The fraction of sp³-hybridized carbons (Fsp3) is 0.647. The van der Waals surface area contributed by atoms with E-state index in [-0.39, 0.29) is 16.6 Å². The van der Waals surface area contributed by atoms with Gasteiger partial charge in [-0.05, 0) is 32.0 Å². The lowest BCUT2D eigenvalue weighted by atomic mass is 10.1. The predicted octanol–water partition coefficient (Wildman–Crippen LogP) is 0.0489. The van der Waals surface area contributed by atoms with E-state index in [9.17, 15) is 26.9 Å². The molecule has 2 aliphatic heterocycles. The molecule has 11 nitrogen and oxygen atoms in total. The van der Waals surface area contributed by atoms with Crippen molar-refractivity contribution in [3.05, 3.63) is 28.3 Å². The molecule has 30 heavy (non-hydrogen) atoms. The molecule has 0 unspecified atom stereocenters. The van der Waals surface area contributed by atoms with Crippen molar-refractivity contribution in [2.75, 3.05) is 57.5 Å². The van der Waals surface area contributed by atoms with Crippen LogP contribution in [-0.4, -0.2) is 89.6 Å². The maximum Gasteiger partial charge on any atom is 0.293 e. The lowest BCUT2D eigenvalue weighted by Gasteiger charge is -2.33. The molecule has 0 aromatic heterocycles. The van der Waals surface area contributed by atoms with Crippen molar-refractivity contribution in [3.8, 4) is 0 Å². The number of rotatable bonds is 6. The highest BCUT2D eigenvalue weighted by Crippen LogP contribution is 2.33. The minimum Gasteiger partial charge on any atom is -0.366 e. The first kappa shape index (κ1) is 22.9. The largest absolute Gasteiger partial charge is 0.366 e. The van der Waals surface area contributed by atoms with Crippen LogP contribution < -0.4 is 9.62 Å². The molecular weight excluding hydrogens is 434 g/mol. The Morgan fingerprint density at radius 3 is 2.17 bits per heavy atom. The molecule has 0 spiro atoms. The van der Waals surface area contributed by atoms with E-state index in [1.165, 1.54) is 16.4 Å². The summed E-state index contributed by atoms with van der Waals surface area (Å²) in [6, 6.07) is 3.80. The van der Waals surface area contributed by atoms with Crippen LogP contribution in [0, 0.1) is 10.1 Å². The van der Waals surface area contributed by atoms with Crippen molar-refractivity contribution in [1.29, 1.82) is 0 Å². The maximum absolute atomic E-state index is 12.9. The van der Waals surface area contributed by atoms with Crippen molar-refractivity contribution >= 4 is 31.4 Å². The minimum atomic E-state index is -3.81. The molecule has 3 rings (SSSR count). The number of benzene rings is 1. The molecule has 13 heteroatoms. The van der Waals surface area contributed by atoms with E-state index in [1.54, 1.807) is 4.90 Å². The molecule has 0 aliphatic carbocycles. The van der Waals surface area contributed by atoms with Gasteiger partial charge < -0.3 is 9.80 Å². The molecule has 2 fully saturated rings. The maximum atomic E-state index is 12.9. The fourth-order valence-corrected chi connectivity index (χ4v) is 6.08. The molecular formula is C17H27N5O6S2. The van der Waals surface area contributed by atoms with Gasteiger partial charge in [-0.25, -0.2) is 21.6 Å². The quantitative estimate of drug-likeness (QED) is 0.464. The second kappa shape index (κ2) is 8.75. The first-order chi connectivity index (χ1) is 14.0. The van der Waals surface area contributed by atoms with E-state index >= 15 is 0 Å². The van der Waals surface area contributed by atoms with Crippen LogP contribution in [0.15, 0.2) is 23.1 Å². The van der Waals surface area contributed by atoms with Crippen molar-refractivity contribution < 1.29 is 21.8 Å². The summed E-state index contributed by atoms with van der Waals surface area (Å²) in [5, 5.41) is 11.7. The molecule has 0 radical (unpaired) electrons. The van der Waals surface area contributed by atoms with Gasteiger partial charge in [-0.15, -0.1) is 0 Å². The summed E-state index contributed by atoms with van der Waals surface area (Å²) in [5.41, 5.74) is 0.0786. The average Bonchev–Trinajstić information content (AvgIpc) is 2.67. The molecule has 168 valence electrons. The topological polar surface area (TPSA) is 133 Å². The van der Waals surface area contributed by atoms with Crippen LogP contribution in [0.2, 0.25) is 0 Å². The van der Waals surface area contributed by atoms with E-state index < -0.39 is 25.0 Å². The summed E-state index contributed by atoms with van der Waals surface area (Å²) in [6.45, 7) is 2.76. The number of piperazine rings is 1. The Bertz CT molecular complexity index is 997. The molecule has 0 atom stereocenters. The Morgan fingerprint density at radius 2 is 1.63 bits per heavy atom. The molecule has 2 saturated heterocycles. The SMILES string of the molecule is CN1CCN(S(=O)(=O)c2ccc(N3CCC(NS(C)(=O)=O)CC3)c([N+](=O)[O-])c2)CC1. The van der Waals surface area contributed by atoms with Gasteiger partial charge in [0.2, 0.25) is 20.0 Å². The van der Waals surface area contributed by atoms with Gasteiger partial charge in [0.15, 0.2) is 0 Å². The van der Waals surface area contributed by atoms with Gasteiger partial charge in [0.25, 0.3) is 5.69 Å². The van der Waals surface area contributed by atoms with Gasteiger partial charge in [-0.1, -0.05) is 0 Å². The number of hydrogen-bond acceptors (Lipinski definition) is 8. The minimum absolute atomic E-state index is 0.0869. The zero-order valence-corrected chi connectivity index (χ0v) is 18.7. The van der Waals surface area contributed by atoms with Gasteiger partial charge in [0, 0.05) is 51.4 Å². The van der Waals surface area contributed by atoms with Crippen LogP contribution in [0.1, 0.15) is 12.8 Å². The van der Waals surface area contributed by atoms with Gasteiger partial charge in [0.1, 0.15) is 5.69 Å². The number of piperidine rings is 1. The first-order valence-electron chi connectivity index (χ1n) is 9.67. The average molecular weight is 462 g/mol. The van der Waals surface area contributed by atoms with Crippen molar-refractivity contribution in [2.24, 2.45) is 0 Å². The standard InChI is InChI=1S/C17H27N5O6S2/c1-19-9-11-21(12-10-19)30(27,28)15-3-4-16(17(13-15)22(23)24)20-7-5-14(6-8-20)18-29(2,25)26/h3-4,13-14,18H,5-12H2,1-2H3. The lowest BCUT2D eigenvalue weighted by Crippen LogP contribution is -2.47. The Balaban J connectivity index is 1.80. The predicted molar refractivity (Wildman–Crippen MR) is 113 cm³/mol. The second-order valence-electron chi connectivity index (χ2n) is 7.77. The van der Waals surface area contributed by atoms with Crippen LogP contribution in [0.4, 0.5) is 11.4 Å². The van der Waals surface area contributed by atoms with Gasteiger partial charge in [-0.2, -0.15) is 4.31 Å². The molecule has 1 N–H and O–H groups in total. The number of hydrogen-bond donors (Lipinski definition) is 1. The van der Waals surface area contributed by atoms with Crippen molar-refractivity contribution in [1.82, 2.24) is 13.9 Å². The van der Waals surface area contributed by atoms with Gasteiger partial charge in [0.05, 0.1) is 16.1 Å². The molecule has 1 aromatic carbocycles. The molecule has 1 aromatic rings. The molecule has 0 saturated carbocycles. The van der Waals surface area contributed by atoms with Crippen LogP contribution >= 0.6 is 0 Å². The molecule has 0 bridgehead atoms. The molecule has 2 heterocycles. The summed E-state index contributed by atoms with van der Waals surface area (Å²) in [4.78, 5) is 14.9. The summed E-state index contributed by atoms with van der Waals surface area (Å²) < 4.78 is 52.6. The highest BCUT2D eigenvalue weighted by Gasteiger charge is 2.31. The zero-order valence-electron chi connectivity index (χ0n) is 17.0. The summed E-state index contributed by atoms with van der Waals surface area (Å²) >= 11 is 0. The Labute approximate surface area is 176 Å². The molecule has 2 aliphatic rings. The van der Waals surface area contributed by atoms with E-state index in [0.29, 0.717) is 57.8 Å². The van der Waals surface area contributed by atoms with Gasteiger partial charge >= 0.3 is 0 Å². The highest BCUT2D eigenvalue weighted by molar-refractivity contribution is 7.89. The summed E-state index contributed by atoms with van der Waals surface area (Å²) in [5.74, 6) is 0. The van der Waals surface area contributed by atoms with Crippen LogP contribution in [-0.2, 0) is 20.0 Å². The third-order valence-electron chi connectivity index (χ3n) is 5.46. The number of anilines is 1. The fourth-order valence-electron chi connectivity index (χ4n) is 3.80. The number of nitrogens with one attached hydrogen (secondary N) is 1. The number of nitro groups is 1. The number of sulfonamides is 2. The van der Waals surface area contributed by atoms with Crippen LogP contribution in [0.3, 0.4) is 0 Å². The Kier molecular flexibility index (Phi) is 6.67. The van der Waals surface area contributed by atoms with E-state index in [4.69, 9.17) is 0 Å². The summed E-state index contributed by atoms with van der Waals surface area (Å²) in [7, 11) is -5.21. The molecule has 0 amide bonds. The number of nitrogens with zero attached hydrogens (tertiary/aromatic N) is 4. The monoisotopic (exact) mass is 461 g/mol. The van der Waals surface area contributed by atoms with Crippen molar-refractivity contribution in [3.63, 3.8) is 0 Å². The van der Waals surface area contributed by atoms with Crippen LogP contribution in [0.5, 0.6) is 0 Å². The van der Waals surface area contributed by atoms with Crippen LogP contribution in [0.25, 0.3) is 0 Å². The van der Waals surface area contributed by atoms with E-state index in [2.05, 4.69) is 4.72 Å². The smallest absolute Gasteiger partial charge is 0.293 e. The first-order valence-corrected chi connectivity index (χ1v) is 13.0. The zero-order chi connectivity index (χ0) is 22.1. The highest BCUT2D eigenvalue weighted by atomic mass is 32.2. The number of nitro benzene ring substituents is 1. The number of likely N-dealkylation sites (N-methyl/N-ethyl adjacent to an activating group) is 1. The third-order valence-corrected chi connectivity index (χ3v) is 8.12. The van der Waals surface area contributed by atoms with E-state index in [1.807, 2.05) is 11.9 Å². The third kappa shape index (κ3) is 5.27. The normalized spacial score (nSPS) is 20.4. The second-order valence-corrected chi connectivity index (χ2v) is 11.5. The summed E-state index contributed by atoms with van der Waals surface area (Å²) in [6.07, 6.45) is 2.11. The van der Waals surface area contributed by atoms with E-state index in [0.717, 1.165) is 12.3 Å². The Hall–Kier alpha value is -1.80. The lowest BCUT2D eigenvalue weighted by molar-refractivity contribution is -0.384. The van der Waals surface area contributed by atoms with Crippen molar-refractivity contribution in [2.45, 2.75) is 23.8 Å². The Morgan fingerprint density at radius 1 is 1.03 bits per heavy atom. The van der Waals surface area contributed by atoms with Gasteiger partial charge in [-0.3, -0.25) is 10.1 Å².